The highest BCUT2D eigenvalue weighted by atomic mass is 16.5. The Balaban J connectivity index is 1.62. The van der Waals surface area contributed by atoms with Gasteiger partial charge in [-0.15, -0.1) is 5.10 Å². The molecule has 8 heteroatoms. The van der Waals surface area contributed by atoms with Crippen molar-refractivity contribution >= 4 is 11.9 Å². The first-order valence-corrected chi connectivity index (χ1v) is 7.45. The lowest BCUT2D eigenvalue weighted by atomic mass is 10.1. The van der Waals surface area contributed by atoms with Crippen LogP contribution in [0.5, 0.6) is 0 Å². The van der Waals surface area contributed by atoms with Crippen LogP contribution in [0.4, 0.5) is 0 Å². The van der Waals surface area contributed by atoms with E-state index in [1.54, 1.807) is 0 Å². The van der Waals surface area contributed by atoms with Crippen molar-refractivity contribution in [1.82, 2.24) is 25.5 Å². The van der Waals surface area contributed by atoms with E-state index in [0.29, 0.717) is 6.42 Å². The molecule has 1 amide bonds. The maximum Gasteiger partial charge on any atom is 0.331 e. The van der Waals surface area contributed by atoms with Crippen LogP contribution in [0.15, 0.2) is 36.7 Å². The van der Waals surface area contributed by atoms with Crippen LogP contribution in [0.2, 0.25) is 0 Å². The van der Waals surface area contributed by atoms with Crippen LogP contribution in [0.25, 0.3) is 0 Å². The molecule has 1 heterocycles. The summed E-state index contributed by atoms with van der Waals surface area (Å²) in [7, 11) is 0. The molecule has 0 spiro atoms. The molecule has 120 valence electrons. The van der Waals surface area contributed by atoms with E-state index in [0.717, 1.165) is 18.4 Å². The molecule has 1 saturated carbocycles. The topological polar surface area (TPSA) is 99.0 Å². The molecule has 0 unspecified atom stereocenters. The van der Waals surface area contributed by atoms with Crippen LogP contribution >= 0.6 is 0 Å². The zero-order valence-electron chi connectivity index (χ0n) is 12.5. The molecule has 0 aliphatic heterocycles. The Bertz CT molecular complexity index is 655. The minimum Gasteiger partial charge on any atom is -0.454 e. The molecule has 1 N–H and O–H groups in total. The number of benzene rings is 1. The molecule has 1 aliphatic carbocycles. The number of carbonyl (C=O) groups excluding carboxylic acids is 2. The van der Waals surface area contributed by atoms with Crippen LogP contribution in [-0.4, -0.2) is 44.7 Å². The van der Waals surface area contributed by atoms with E-state index >= 15 is 0 Å². The summed E-state index contributed by atoms with van der Waals surface area (Å²) < 4.78 is 6.46. The molecule has 8 nitrogen and oxygen atoms in total. The van der Waals surface area contributed by atoms with Crippen molar-refractivity contribution in [2.75, 3.05) is 6.61 Å². The van der Waals surface area contributed by atoms with Crippen LogP contribution < -0.4 is 5.32 Å². The fourth-order valence-corrected chi connectivity index (χ4v) is 2.16. The third kappa shape index (κ3) is 4.35. The van der Waals surface area contributed by atoms with Gasteiger partial charge in [0.15, 0.2) is 12.6 Å². The van der Waals surface area contributed by atoms with E-state index in [1.165, 1.54) is 11.0 Å². The molecule has 1 aliphatic rings. The van der Waals surface area contributed by atoms with Gasteiger partial charge in [0.05, 0.1) is 0 Å². The number of esters is 1. The van der Waals surface area contributed by atoms with E-state index in [-0.39, 0.29) is 18.6 Å². The summed E-state index contributed by atoms with van der Waals surface area (Å²) in [6.45, 7) is -0.289. The van der Waals surface area contributed by atoms with Gasteiger partial charge in [-0.3, -0.25) is 4.79 Å². The summed E-state index contributed by atoms with van der Waals surface area (Å²) in [5.74, 6) is -0.817. The van der Waals surface area contributed by atoms with Gasteiger partial charge in [-0.05, 0) is 28.8 Å². The predicted octanol–water partition coefficient (Wildman–Crippen LogP) is 0.279. The molecular weight excluding hydrogens is 298 g/mol. The third-order valence-corrected chi connectivity index (χ3v) is 3.52. The molecule has 0 saturated heterocycles. The summed E-state index contributed by atoms with van der Waals surface area (Å²) in [4.78, 5) is 24.0. The second kappa shape index (κ2) is 6.99. The van der Waals surface area contributed by atoms with Crippen molar-refractivity contribution < 1.29 is 14.3 Å². The van der Waals surface area contributed by atoms with E-state index in [2.05, 4.69) is 20.8 Å². The molecule has 3 rings (SSSR count). The summed E-state index contributed by atoms with van der Waals surface area (Å²) in [6.07, 6.45) is 3.72. The number of hydrogen-bond donors (Lipinski definition) is 1. The first kappa shape index (κ1) is 15.1. The quantitative estimate of drug-likeness (QED) is 0.737. The van der Waals surface area contributed by atoms with E-state index in [9.17, 15) is 9.59 Å². The van der Waals surface area contributed by atoms with E-state index in [1.807, 2.05) is 30.3 Å². The van der Waals surface area contributed by atoms with Crippen LogP contribution in [0, 0.1) is 0 Å². The molecule has 1 aromatic heterocycles. The summed E-state index contributed by atoms with van der Waals surface area (Å²) in [5.41, 5.74) is 0.951. The fourth-order valence-electron chi connectivity index (χ4n) is 2.16. The smallest absolute Gasteiger partial charge is 0.331 e. The normalized spacial score (nSPS) is 15.0. The molecule has 0 radical (unpaired) electrons. The Labute approximate surface area is 132 Å². The number of hydrogen-bond acceptors (Lipinski definition) is 6. The monoisotopic (exact) mass is 315 g/mol. The standard InChI is InChI=1S/C15H17N5O3/c21-14(17-12-6-7-12)9-23-15(22)13(20-10-16-18-19-20)8-11-4-2-1-3-5-11/h1-5,10,12-13H,6-9H2,(H,17,21)/t13-/m1/s1. The summed E-state index contributed by atoms with van der Waals surface area (Å²) in [5, 5.41) is 13.7. The van der Waals surface area contributed by atoms with Gasteiger partial charge < -0.3 is 10.1 Å². The highest BCUT2D eigenvalue weighted by Crippen LogP contribution is 2.18. The molecule has 1 atom stereocenters. The Morgan fingerprint density at radius 3 is 2.74 bits per heavy atom. The Morgan fingerprint density at radius 2 is 2.09 bits per heavy atom. The minimum absolute atomic E-state index is 0.237. The van der Waals surface area contributed by atoms with Gasteiger partial charge in [-0.1, -0.05) is 30.3 Å². The maximum absolute atomic E-state index is 12.3. The molecule has 1 aromatic carbocycles. The van der Waals surface area contributed by atoms with Gasteiger partial charge in [0.2, 0.25) is 0 Å². The molecule has 2 aromatic rings. The zero-order chi connectivity index (χ0) is 16.1. The number of tetrazole rings is 1. The number of nitrogens with one attached hydrogen (secondary N) is 1. The number of rotatable bonds is 7. The van der Waals surface area contributed by atoms with Crippen LogP contribution in [-0.2, 0) is 20.7 Å². The van der Waals surface area contributed by atoms with Gasteiger partial charge in [0.25, 0.3) is 5.91 Å². The summed E-state index contributed by atoms with van der Waals surface area (Å²) in [6, 6.07) is 9.02. The number of nitrogens with zero attached hydrogens (tertiary/aromatic N) is 4. The summed E-state index contributed by atoms with van der Waals surface area (Å²) >= 11 is 0. The molecule has 1 fully saturated rings. The number of aromatic nitrogens is 4. The van der Waals surface area contributed by atoms with Crippen molar-refractivity contribution in [3.05, 3.63) is 42.2 Å². The van der Waals surface area contributed by atoms with Crippen molar-refractivity contribution in [3.8, 4) is 0 Å². The van der Waals surface area contributed by atoms with Gasteiger partial charge in [0.1, 0.15) is 6.33 Å². The van der Waals surface area contributed by atoms with E-state index in [4.69, 9.17) is 4.74 Å². The van der Waals surface area contributed by atoms with Crippen molar-refractivity contribution in [2.45, 2.75) is 31.3 Å². The molecule has 0 bridgehead atoms. The SMILES string of the molecule is O=C(COC(=O)[C@@H](Cc1ccccc1)n1cnnn1)NC1CC1. The Kier molecular flexibility index (Phi) is 4.60. The molecule has 23 heavy (non-hydrogen) atoms. The van der Waals surface area contributed by atoms with Gasteiger partial charge in [-0.2, -0.15) is 0 Å². The highest BCUT2D eigenvalue weighted by molar-refractivity contribution is 5.82. The van der Waals surface area contributed by atoms with E-state index < -0.39 is 12.0 Å². The van der Waals surface area contributed by atoms with Gasteiger partial charge >= 0.3 is 5.97 Å². The lowest BCUT2D eigenvalue weighted by Gasteiger charge is -2.15. The van der Waals surface area contributed by atoms with Crippen molar-refractivity contribution in [2.24, 2.45) is 0 Å². The number of ether oxygens (including phenoxy) is 1. The Morgan fingerprint density at radius 1 is 1.30 bits per heavy atom. The number of amides is 1. The second-order valence-corrected chi connectivity index (χ2v) is 5.44. The minimum atomic E-state index is -0.707. The first-order chi connectivity index (χ1) is 11.2. The lowest BCUT2D eigenvalue weighted by molar-refractivity contribution is -0.152. The maximum atomic E-state index is 12.3. The lowest BCUT2D eigenvalue weighted by Crippen LogP contribution is -2.33. The third-order valence-electron chi connectivity index (χ3n) is 3.52. The van der Waals surface area contributed by atoms with Crippen molar-refractivity contribution in [3.63, 3.8) is 0 Å². The van der Waals surface area contributed by atoms with Crippen molar-refractivity contribution in [1.29, 1.82) is 0 Å². The van der Waals surface area contributed by atoms with Crippen LogP contribution in [0.3, 0.4) is 0 Å². The van der Waals surface area contributed by atoms with Crippen LogP contribution in [0.1, 0.15) is 24.4 Å². The first-order valence-electron chi connectivity index (χ1n) is 7.45. The molecular formula is C15H17N5O3. The average Bonchev–Trinajstić information content (AvgIpc) is 3.21. The largest absolute Gasteiger partial charge is 0.454 e. The fraction of sp³-hybridized carbons (Fsp3) is 0.400. The number of carbonyl (C=O) groups is 2. The van der Waals surface area contributed by atoms with Gasteiger partial charge in [0, 0.05) is 12.5 Å². The van der Waals surface area contributed by atoms with Gasteiger partial charge in [-0.25, -0.2) is 9.48 Å². The average molecular weight is 315 g/mol. The Hall–Kier alpha value is -2.77. The highest BCUT2D eigenvalue weighted by Gasteiger charge is 2.26. The second-order valence-electron chi connectivity index (χ2n) is 5.44. The zero-order valence-corrected chi connectivity index (χ0v) is 12.5. The predicted molar refractivity (Wildman–Crippen MR) is 79.1 cm³/mol.